The van der Waals surface area contributed by atoms with Gasteiger partial charge in [0.25, 0.3) is 0 Å². The van der Waals surface area contributed by atoms with Crippen LogP contribution in [0.1, 0.15) is 5.56 Å². The molecule has 0 aromatic heterocycles. The quantitative estimate of drug-likeness (QED) is 0.524. The molecular formula is C7H4Br2Cl2. The predicted octanol–water partition coefficient (Wildman–Crippen LogP) is 4.60. The molecule has 0 spiro atoms. The van der Waals surface area contributed by atoms with Crippen molar-refractivity contribution in [3.05, 3.63) is 31.7 Å². The van der Waals surface area contributed by atoms with E-state index in [0.29, 0.717) is 10.9 Å². The highest BCUT2D eigenvalue weighted by Crippen LogP contribution is 2.32. The lowest BCUT2D eigenvalue weighted by Crippen LogP contribution is -1.83. The summed E-state index contributed by atoms with van der Waals surface area (Å²) >= 11 is 18.2. The third-order valence-electron chi connectivity index (χ3n) is 1.27. The van der Waals surface area contributed by atoms with Gasteiger partial charge in [0, 0.05) is 14.8 Å². The van der Waals surface area contributed by atoms with Gasteiger partial charge in [-0.1, -0.05) is 27.5 Å². The number of benzene rings is 1. The summed E-state index contributed by atoms with van der Waals surface area (Å²) in [4.78, 5) is 0. The zero-order valence-electron chi connectivity index (χ0n) is 5.37. The Morgan fingerprint density at radius 2 is 1.91 bits per heavy atom. The molecule has 1 aromatic rings. The molecule has 0 fully saturated rings. The summed E-state index contributed by atoms with van der Waals surface area (Å²) in [7, 11) is 0. The van der Waals surface area contributed by atoms with Gasteiger partial charge in [-0.05, 0) is 33.6 Å². The summed E-state index contributed by atoms with van der Waals surface area (Å²) in [6.45, 7) is 0. The van der Waals surface area contributed by atoms with Gasteiger partial charge in [-0.3, -0.25) is 0 Å². The second kappa shape index (κ2) is 4.13. The van der Waals surface area contributed by atoms with Crippen molar-refractivity contribution in [3.8, 4) is 0 Å². The topological polar surface area (TPSA) is 0 Å². The Morgan fingerprint density at radius 3 is 2.36 bits per heavy atom. The first-order chi connectivity index (χ1) is 5.16. The van der Waals surface area contributed by atoms with E-state index in [1.54, 1.807) is 0 Å². The molecule has 1 rings (SSSR count). The van der Waals surface area contributed by atoms with Crippen LogP contribution in [0.2, 0.25) is 5.02 Å². The first-order valence-corrected chi connectivity index (χ1v) is 5.35. The third kappa shape index (κ3) is 2.11. The predicted molar refractivity (Wildman–Crippen MR) is 56.4 cm³/mol. The third-order valence-corrected chi connectivity index (χ3v) is 3.73. The highest BCUT2D eigenvalue weighted by Gasteiger charge is 2.06. The molecule has 0 aliphatic rings. The summed E-state index contributed by atoms with van der Waals surface area (Å²) in [5, 5.41) is 0.684. The maximum atomic E-state index is 5.84. The van der Waals surface area contributed by atoms with Crippen LogP contribution in [0, 0.1) is 0 Å². The number of alkyl halides is 1. The molecule has 0 bridgehead atoms. The van der Waals surface area contributed by atoms with E-state index in [1.165, 1.54) is 0 Å². The van der Waals surface area contributed by atoms with Crippen LogP contribution < -0.4 is 0 Å². The average molecular weight is 319 g/mol. The van der Waals surface area contributed by atoms with E-state index in [4.69, 9.17) is 23.2 Å². The van der Waals surface area contributed by atoms with Crippen LogP contribution in [0.5, 0.6) is 0 Å². The Balaban J connectivity index is 3.29. The molecule has 0 nitrogen and oxygen atoms in total. The zero-order valence-corrected chi connectivity index (χ0v) is 10.1. The minimum Gasteiger partial charge on any atom is -0.121 e. The van der Waals surface area contributed by atoms with E-state index in [1.807, 2.05) is 12.1 Å². The summed E-state index contributed by atoms with van der Waals surface area (Å²) < 4.78 is 1.84. The molecule has 0 aliphatic carbocycles. The van der Waals surface area contributed by atoms with E-state index >= 15 is 0 Å². The molecule has 0 unspecified atom stereocenters. The van der Waals surface area contributed by atoms with Crippen molar-refractivity contribution in [3.63, 3.8) is 0 Å². The monoisotopic (exact) mass is 316 g/mol. The Hall–Kier alpha value is 0.760. The van der Waals surface area contributed by atoms with Crippen LogP contribution in [-0.2, 0) is 5.88 Å². The van der Waals surface area contributed by atoms with Gasteiger partial charge in [0.2, 0.25) is 0 Å². The molecule has 60 valence electrons. The van der Waals surface area contributed by atoms with Gasteiger partial charge in [-0.25, -0.2) is 0 Å². The lowest BCUT2D eigenvalue weighted by Gasteiger charge is -2.04. The van der Waals surface area contributed by atoms with Crippen molar-refractivity contribution < 1.29 is 0 Å². The van der Waals surface area contributed by atoms with Crippen LogP contribution >= 0.6 is 55.1 Å². The van der Waals surface area contributed by atoms with Crippen molar-refractivity contribution in [2.45, 2.75) is 5.88 Å². The van der Waals surface area contributed by atoms with Gasteiger partial charge >= 0.3 is 0 Å². The van der Waals surface area contributed by atoms with Crippen molar-refractivity contribution in [1.82, 2.24) is 0 Å². The maximum absolute atomic E-state index is 5.84. The molecule has 11 heavy (non-hydrogen) atoms. The van der Waals surface area contributed by atoms with Crippen molar-refractivity contribution in [2.75, 3.05) is 0 Å². The molecule has 0 radical (unpaired) electrons. The van der Waals surface area contributed by atoms with E-state index in [2.05, 4.69) is 31.9 Å². The Morgan fingerprint density at radius 1 is 1.27 bits per heavy atom. The van der Waals surface area contributed by atoms with Crippen molar-refractivity contribution in [1.29, 1.82) is 0 Å². The standard InChI is InChI=1S/C7H4Br2Cl2/c8-5-1-2-6(11)7(9)4(5)3-10/h1-2H,3H2. The highest BCUT2D eigenvalue weighted by molar-refractivity contribution is 9.11. The molecule has 0 atom stereocenters. The molecule has 0 amide bonds. The normalized spacial score (nSPS) is 10.2. The van der Waals surface area contributed by atoms with Crippen LogP contribution in [0.15, 0.2) is 21.1 Å². The fourth-order valence-electron chi connectivity index (χ4n) is 0.692. The van der Waals surface area contributed by atoms with E-state index in [0.717, 1.165) is 14.5 Å². The number of hydrogen-bond donors (Lipinski definition) is 0. The molecule has 0 saturated carbocycles. The minimum atomic E-state index is 0.446. The Labute approximate surface area is 92.1 Å². The molecule has 4 heteroatoms. The van der Waals surface area contributed by atoms with Gasteiger partial charge in [-0.15, -0.1) is 11.6 Å². The second-order valence-corrected chi connectivity index (χ2v) is 4.28. The van der Waals surface area contributed by atoms with E-state index in [9.17, 15) is 0 Å². The lowest BCUT2D eigenvalue weighted by molar-refractivity contribution is 1.34. The van der Waals surface area contributed by atoms with Crippen LogP contribution in [0.3, 0.4) is 0 Å². The second-order valence-electron chi connectivity index (χ2n) is 1.96. The lowest BCUT2D eigenvalue weighted by atomic mass is 10.2. The molecular weight excluding hydrogens is 315 g/mol. The first kappa shape index (κ1) is 9.85. The molecule has 0 aliphatic heterocycles. The average Bonchev–Trinajstić information content (AvgIpc) is 1.99. The fourth-order valence-corrected chi connectivity index (χ4v) is 2.69. The summed E-state index contributed by atoms with van der Waals surface area (Å²) in [6.07, 6.45) is 0. The van der Waals surface area contributed by atoms with E-state index in [-0.39, 0.29) is 0 Å². The van der Waals surface area contributed by atoms with Gasteiger partial charge < -0.3 is 0 Å². The molecule has 1 aromatic carbocycles. The number of halogens is 4. The van der Waals surface area contributed by atoms with Gasteiger partial charge in [-0.2, -0.15) is 0 Å². The van der Waals surface area contributed by atoms with Crippen molar-refractivity contribution in [2.24, 2.45) is 0 Å². The smallest absolute Gasteiger partial charge is 0.0552 e. The maximum Gasteiger partial charge on any atom is 0.0552 e. The minimum absolute atomic E-state index is 0.446. The van der Waals surface area contributed by atoms with Crippen molar-refractivity contribution >= 4 is 55.1 Å². The van der Waals surface area contributed by atoms with E-state index < -0.39 is 0 Å². The van der Waals surface area contributed by atoms with Gasteiger partial charge in [0.15, 0.2) is 0 Å². The summed E-state index contributed by atoms with van der Waals surface area (Å²) in [5.74, 6) is 0.446. The molecule has 0 saturated heterocycles. The molecule has 0 heterocycles. The first-order valence-electron chi connectivity index (χ1n) is 2.85. The SMILES string of the molecule is ClCc1c(Br)ccc(Cl)c1Br. The Bertz CT molecular complexity index is 273. The molecule has 0 N–H and O–H groups in total. The largest absolute Gasteiger partial charge is 0.121 e. The highest BCUT2D eigenvalue weighted by atomic mass is 79.9. The number of rotatable bonds is 1. The van der Waals surface area contributed by atoms with Crippen LogP contribution in [-0.4, -0.2) is 0 Å². The van der Waals surface area contributed by atoms with Gasteiger partial charge in [0.05, 0.1) is 5.02 Å². The summed E-state index contributed by atoms with van der Waals surface area (Å²) in [6, 6.07) is 3.69. The van der Waals surface area contributed by atoms with Crippen LogP contribution in [0.4, 0.5) is 0 Å². The summed E-state index contributed by atoms with van der Waals surface area (Å²) in [5.41, 5.74) is 0.985. The van der Waals surface area contributed by atoms with Gasteiger partial charge in [0.1, 0.15) is 0 Å². The van der Waals surface area contributed by atoms with Crippen LogP contribution in [0.25, 0.3) is 0 Å². The zero-order chi connectivity index (χ0) is 8.43. The Kier molecular flexibility index (Phi) is 3.69. The fraction of sp³-hybridized carbons (Fsp3) is 0.143. The number of hydrogen-bond acceptors (Lipinski definition) is 0.